The highest BCUT2D eigenvalue weighted by atomic mass is 127. The summed E-state index contributed by atoms with van der Waals surface area (Å²) < 4.78 is 14.1. The zero-order chi connectivity index (χ0) is 19.6. The Hall–Kier alpha value is -1.94. The molecule has 0 fully saturated rings. The van der Waals surface area contributed by atoms with Crippen LogP contribution in [0.1, 0.15) is 18.3 Å². The van der Waals surface area contributed by atoms with Crippen LogP contribution in [0.5, 0.6) is 11.5 Å². The maximum atomic E-state index is 12.8. The summed E-state index contributed by atoms with van der Waals surface area (Å²) in [5, 5.41) is 4.85. The summed E-state index contributed by atoms with van der Waals surface area (Å²) in [6.07, 6.45) is 1.61. The molecule has 8 heteroatoms. The summed E-state index contributed by atoms with van der Waals surface area (Å²) >= 11 is 5.58. The molecule has 27 heavy (non-hydrogen) atoms. The summed E-state index contributed by atoms with van der Waals surface area (Å²) in [5.74, 6) is 1.83. The Labute approximate surface area is 178 Å². The lowest BCUT2D eigenvalue weighted by molar-refractivity contribution is 0.308. The van der Waals surface area contributed by atoms with Crippen molar-refractivity contribution in [3.8, 4) is 11.5 Å². The van der Waals surface area contributed by atoms with E-state index in [1.165, 1.54) is 4.68 Å². The molecule has 0 saturated carbocycles. The molecular formula is C19H17BrIN3O3. The monoisotopic (exact) mass is 541 g/mol. The number of ether oxygens (including phenoxy) is 2. The predicted octanol–water partition coefficient (Wildman–Crippen LogP) is 4.36. The lowest BCUT2D eigenvalue weighted by Gasteiger charge is -2.12. The normalized spacial score (nSPS) is 11.3. The van der Waals surface area contributed by atoms with Crippen molar-refractivity contribution in [2.75, 3.05) is 13.7 Å². The van der Waals surface area contributed by atoms with Crippen molar-refractivity contribution in [1.82, 2.24) is 9.66 Å². The van der Waals surface area contributed by atoms with Crippen LogP contribution in [0.3, 0.4) is 0 Å². The number of aryl methyl sites for hydroxylation is 1. The number of halogens is 2. The van der Waals surface area contributed by atoms with Gasteiger partial charge in [0.2, 0.25) is 0 Å². The fourth-order valence-corrected chi connectivity index (χ4v) is 3.76. The molecule has 0 N–H and O–H groups in total. The first-order valence-corrected chi connectivity index (χ1v) is 10.1. The summed E-state index contributed by atoms with van der Waals surface area (Å²) in [4.78, 5) is 17.3. The molecule has 6 nitrogen and oxygen atoms in total. The second kappa shape index (κ2) is 8.39. The molecule has 3 aromatic rings. The Morgan fingerprint density at radius 1 is 1.33 bits per heavy atom. The van der Waals surface area contributed by atoms with Crippen molar-refractivity contribution in [2.45, 2.75) is 13.8 Å². The molecule has 0 spiro atoms. The molecule has 0 unspecified atom stereocenters. The minimum absolute atomic E-state index is 0.220. The molecule has 140 valence electrons. The third-order valence-corrected chi connectivity index (χ3v) is 5.13. The third kappa shape index (κ3) is 4.16. The van der Waals surface area contributed by atoms with E-state index < -0.39 is 0 Å². The van der Waals surface area contributed by atoms with E-state index in [1.807, 2.05) is 31.2 Å². The van der Waals surface area contributed by atoms with Crippen LogP contribution < -0.4 is 15.0 Å². The highest BCUT2D eigenvalue weighted by molar-refractivity contribution is 14.1. The molecule has 3 rings (SSSR count). The standard InChI is InChI=1S/C19H17BrIN3O3/c1-4-27-18-15(21)7-12(8-17(18)26-3)10-22-24-11(2)23-16-6-5-13(20)9-14(16)19(24)25/h5-10H,4H2,1-3H3. The van der Waals surface area contributed by atoms with Gasteiger partial charge in [-0.15, -0.1) is 0 Å². The van der Waals surface area contributed by atoms with Gasteiger partial charge >= 0.3 is 0 Å². The molecule has 0 radical (unpaired) electrons. The molecule has 2 aromatic carbocycles. The van der Waals surface area contributed by atoms with E-state index >= 15 is 0 Å². The van der Waals surface area contributed by atoms with Crippen LogP contribution in [0.2, 0.25) is 0 Å². The largest absolute Gasteiger partial charge is 0.493 e. The zero-order valence-electron chi connectivity index (χ0n) is 15.0. The molecule has 0 amide bonds. The van der Waals surface area contributed by atoms with Gasteiger partial charge in [-0.2, -0.15) is 9.78 Å². The SMILES string of the molecule is CCOc1c(I)cc(C=Nn2c(C)nc3ccc(Br)cc3c2=O)cc1OC. The molecule has 0 atom stereocenters. The Balaban J connectivity index is 2.06. The number of nitrogens with zero attached hydrogens (tertiary/aromatic N) is 3. The van der Waals surface area contributed by atoms with Crippen LogP contribution in [-0.4, -0.2) is 29.6 Å². The van der Waals surface area contributed by atoms with Gasteiger partial charge in [-0.3, -0.25) is 4.79 Å². The second-order valence-corrected chi connectivity index (χ2v) is 7.73. The van der Waals surface area contributed by atoms with Crippen LogP contribution in [0, 0.1) is 10.5 Å². The Morgan fingerprint density at radius 3 is 2.81 bits per heavy atom. The molecule has 0 aliphatic heterocycles. The lowest BCUT2D eigenvalue weighted by atomic mass is 10.2. The third-order valence-electron chi connectivity index (χ3n) is 3.83. The minimum Gasteiger partial charge on any atom is -0.493 e. The van der Waals surface area contributed by atoms with Gasteiger partial charge in [-0.05, 0) is 72.3 Å². The van der Waals surface area contributed by atoms with Gasteiger partial charge in [0.25, 0.3) is 5.56 Å². The van der Waals surface area contributed by atoms with Gasteiger partial charge in [0.15, 0.2) is 11.5 Å². The molecule has 1 aromatic heterocycles. The quantitative estimate of drug-likeness (QED) is 0.355. The van der Waals surface area contributed by atoms with Crippen molar-refractivity contribution in [1.29, 1.82) is 0 Å². The fourth-order valence-electron chi connectivity index (χ4n) is 2.62. The Kier molecular flexibility index (Phi) is 6.15. The Morgan fingerprint density at radius 2 is 2.11 bits per heavy atom. The number of methoxy groups -OCH3 is 1. The molecule has 0 saturated heterocycles. The zero-order valence-corrected chi connectivity index (χ0v) is 18.7. The molecule has 0 aliphatic rings. The number of hydrogen-bond donors (Lipinski definition) is 0. The highest BCUT2D eigenvalue weighted by Crippen LogP contribution is 2.33. The average Bonchev–Trinajstić information content (AvgIpc) is 2.64. The lowest BCUT2D eigenvalue weighted by Crippen LogP contribution is -2.20. The first-order valence-electron chi connectivity index (χ1n) is 8.18. The highest BCUT2D eigenvalue weighted by Gasteiger charge is 2.11. The van der Waals surface area contributed by atoms with E-state index in [0.29, 0.717) is 34.8 Å². The molecule has 1 heterocycles. The molecular weight excluding hydrogens is 525 g/mol. The van der Waals surface area contributed by atoms with Gasteiger partial charge in [-0.1, -0.05) is 15.9 Å². The van der Waals surface area contributed by atoms with Gasteiger partial charge in [0, 0.05) is 4.47 Å². The average molecular weight is 542 g/mol. The van der Waals surface area contributed by atoms with Crippen LogP contribution in [0.25, 0.3) is 10.9 Å². The maximum absolute atomic E-state index is 12.8. The van der Waals surface area contributed by atoms with E-state index in [1.54, 1.807) is 26.3 Å². The minimum atomic E-state index is -0.220. The van der Waals surface area contributed by atoms with Crippen LogP contribution in [-0.2, 0) is 0 Å². The number of benzene rings is 2. The predicted molar refractivity (Wildman–Crippen MR) is 118 cm³/mol. The summed E-state index contributed by atoms with van der Waals surface area (Å²) in [6, 6.07) is 9.15. The molecule has 0 bridgehead atoms. The van der Waals surface area contributed by atoms with Gasteiger partial charge in [-0.25, -0.2) is 4.98 Å². The van der Waals surface area contributed by atoms with Crippen molar-refractivity contribution >= 4 is 55.6 Å². The summed E-state index contributed by atoms with van der Waals surface area (Å²) in [5.41, 5.74) is 1.22. The van der Waals surface area contributed by atoms with Crippen molar-refractivity contribution in [3.05, 3.63) is 60.1 Å². The van der Waals surface area contributed by atoms with Gasteiger partial charge in [0.05, 0.1) is 34.4 Å². The van der Waals surface area contributed by atoms with Crippen LogP contribution >= 0.6 is 38.5 Å². The van der Waals surface area contributed by atoms with Crippen molar-refractivity contribution in [2.24, 2.45) is 5.10 Å². The summed E-state index contributed by atoms with van der Waals surface area (Å²) in [7, 11) is 1.59. The molecule has 0 aliphatic carbocycles. The van der Waals surface area contributed by atoms with Crippen LogP contribution in [0.4, 0.5) is 0 Å². The smallest absolute Gasteiger partial charge is 0.282 e. The van der Waals surface area contributed by atoms with E-state index in [-0.39, 0.29) is 5.56 Å². The van der Waals surface area contributed by atoms with E-state index in [2.05, 4.69) is 48.6 Å². The first kappa shape index (κ1) is 19.8. The van der Waals surface area contributed by atoms with E-state index in [9.17, 15) is 4.79 Å². The van der Waals surface area contributed by atoms with Gasteiger partial charge in [0.1, 0.15) is 5.82 Å². The van der Waals surface area contributed by atoms with Crippen LogP contribution in [0.15, 0.2) is 44.7 Å². The second-order valence-electron chi connectivity index (χ2n) is 5.65. The number of hydrogen-bond acceptors (Lipinski definition) is 5. The summed E-state index contributed by atoms with van der Waals surface area (Å²) in [6.45, 7) is 4.22. The number of fused-ring (bicyclic) bond motifs is 1. The first-order chi connectivity index (χ1) is 12.9. The fraction of sp³-hybridized carbons (Fsp3) is 0.211. The van der Waals surface area contributed by atoms with E-state index in [0.717, 1.165) is 13.6 Å². The maximum Gasteiger partial charge on any atom is 0.282 e. The number of aromatic nitrogens is 2. The van der Waals surface area contributed by atoms with Crippen molar-refractivity contribution in [3.63, 3.8) is 0 Å². The van der Waals surface area contributed by atoms with E-state index in [4.69, 9.17) is 9.47 Å². The topological polar surface area (TPSA) is 65.7 Å². The van der Waals surface area contributed by atoms with Crippen molar-refractivity contribution < 1.29 is 9.47 Å². The number of rotatable bonds is 5. The van der Waals surface area contributed by atoms with Gasteiger partial charge < -0.3 is 9.47 Å². The Bertz CT molecular complexity index is 1100.